The molecular weight excluding hydrogens is 202 g/mol. The molecule has 0 aliphatic heterocycles. The van der Waals surface area contributed by atoms with Crippen molar-refractivity contribution in [3.8, 4) is 0 Å². The summed E-state index contributed by atoms with van der Waals surface area (Å²) in [4.78, 5) is 2.57. The van der Waals surface area contributed by atoms with Gasteiger partial charge in [0.2, 0.25) is 0 Å². The van der Waals surface area contributed by atoms with Gasteiger partial charge in [-0.3, -0.25) is 0 Å². The highest BCUT2D eigenvalue weighted by molar-refractivity contribution is 7.80. The van der Waals surface area contributed by atoms with E-state index in [0.29, 0.717) is 5.41 Å². The van der Waals surface area contributed by atoms with Gasteiger partial charge in [0.25, 0.3) is 0 Å². The van der Waals surface area contributed by atoms with E-state index in [1.165, 1.54) is 58.0 Å². The first-order valence-corrected chi connectivity index (χ1v) is 7.17. The molecule has 2 rings (SSSR count). The topological polar surface area (TPSA) is 3.24 Å². The molecule has 0 radical (unpaired) electrons. The minimum absolute atomic E-state index is 0.557. The van der Waals surface area contributed by atoms with Crippen LogP contribution in [0.15, 0.2) is 0 Å². The van der Waals surface area contributed by atoms with Gasteiger partial charge in [0.05, 0.1) is 0 Å². The van der Waals surface area contributed by atoms with Crippen LogP contribution in [0.5, 0.6) is 0 Å². The third-order valence-electron chi connectivity index (χ3n) is 4.40. The molecule has 0 unspecified atom stereocenters. The van der Waals surface area contributed by atoms with Gasteiger partial charge < -0.3 is 4.90 Å². The van der Waals surface area contributed by atoms with Gasteiger partial charge in [-0.1, -0.05) is 19.3 Å². The van der Waals surface area contributed by atoms with Crippen molar-refractivity contribution in [3.63, 3.8) is 0 Å². The van der Waals surface area contributed by atoms with Crippen molar-refractivity contribution in [2.75, 3.05) is 25.9 Å². The van der Waals surface area contributed by atoms with Crippen molar-refractivity contribution >= 4 is 12.6 Å². The number of hydrogen-bond acceptors (Lipinski definition) is 2. The summed E-state index contributed by atoms with van der Waals surface area (Å²) in [5, 5.41) is 0. The zero-order valence-electron chi connectivity index (χ0n) is 10.0. The summed E-state index contributed by atoms with van der Waals surface area (Å²) in [6, 6.07) is 0. The maximum atomic E-state index is 4.58. The fraction of sp³-hybridized carbons (Fsp3) is 1.00. The van der Waals surface area contributed by atoms with E-state index in [2.05, 4.69) is 24.6 Å². The van der Waals surface area contributed by atoms with Crippen LogP contribution in [-0.4, -0.2) is 30.8 Å². The van der Waals surface area contributed by atoms with E-state index in [1.54, 1.807) is 0 Å². The van der Waals surface area contributed by atoms with Gasteiger partial charge in [-0.2, -0.15) is 12.6 Å². The number of thiol groups is 1. The molecule has 0 spiro atoms. The first-order valence-electron chi connectivity index (χ1n) is 6.53. The van der Waals surface area contributed by atoms with E-state index in [0.717, 1.165) is 11.7 Å². The number of rotatable bonds is 5. The minimum Gasteiger partial charge on any atom is -0.306 e. The largest absolute Gasteiger partial charge is 0.306 e. The Balaban J connectivity index is 1.77. The summed E-state index contributed by atoms with van der Waals surface area (Å²) in [6.45, 7) is 2.61. The Morgan fingerprint density at radius 1 is 1.20 bits per heavy atom. The molecule has 2 fully saturated rings. The third-order valence-corrected chi connectivity index (χ3v) is 5.07. The molecule has 2 heteroatoms. The molecule has 0 N–H and O–H groups in total. The van der Waals surface area contributed by atoms with Gasteiger partial charge in [-0.15, -0.1) is 0 Å². The lowest BCUT2D eigenvalue weighted by atomic mass is 9.83. The lowest BCUT2D eigenvalue weighted by Crippen LogP contribution is -2.38. The summed E-state index contributed by atoms with van der Waals surface area (Å²) >= 11 is 4.58. The van der Waals surface area contributed by atoms with Gasteiger partial charge in [-0.05, 0) is 49.8 Å². The third kappa shape index (κ3) is 2.91. The standard InChI is InChI=1S/C13H25NS/c1-14(9-12-5-4-6-12)10-13(11-15)7-2-3-8-13/h12,15H,2-11H2,1H3. The van der Waals surface area contributed by atoms with Crippen molar-refractivity contribution in [2.45, 2.75) is 44.9 Å². The molecule has 2 saturated carbocycles. The average molecular weight is 227 g/mol. The van der Waals surface area contributed by atoms with E-state index < -0.39 is 0 Å². The Morgan fingerprint density at radius 3 is 2.33 bits per heavy atom. The van der Waals surface area contributed by atoms with Gasteiger partial charge in [0, 0.05) is 13.1 Å². The Labute approximate surface area is 100 Å². The Bertz CT molecular complexity index is 195. The molecule has 0 heterocycles. The molecular formula is C13H25NS. The SMILES string of the molecule is CN(CC1CCC1)CC1(CS)CCCC1. The molecule has 0 bridgehead atoms. The molecule has 0 atom stereocenters. The van der Waals surface area contributed by atoms with Crippen molar-refractivity contribution in [1.29, 1.82) is 0 Å². The van der Waals surface area contributed by atoms with Crippen LogP contribution in [0, 0.1) is 11.3 Å². The van der Waals surface area contributed by atoms with Crippen LogP contribution >= 0.6 is 12.6 Å². The lowest BCUT2D eigenvalue weighted by Gasteiger charge is -2.36. The second-order valence-corrected chi connectivity index (χ2v) is 6.18. The smallest absolute Gasteiger partial charge is 0.00429 e. The maximum Gasteiger partial charge on any atom is 0.00429 e. The van der Waals surface area contributed by atoms with Crippen molar-refractivity contribution in [2.24, 2.45) is 11.3 Å². The van der Waals surface area contributed by atoms with Crippen LogP contribution in [0.3, 0.4) is 0 Å². The van der Waals surface area contributed by atoms with Crippen LogP contribution in [-0.2, 0) is 0 Å². The number of hydrogen-bond donors (Lipinski definition) is 1. The highest BCUT2D eigenvalue weighted by atomic mass is 32.1. The van der Waals surface area contributed by atoms with Crippen LogP contribution in [0.25, 0.3) is 0 Å². The molecule has 0 aromatic rings. The van der Waals surface area contributed by atoms with Gasteiger partial charge in [0.1, 0.15) is 0 Å². The van der Waals surface area contributed by atoms with E-state index in [-0.39, 0.29) is 0 Å². The van der Waals surface area contributed by atoms with Gasteiger partial charge >= 0.3 is 0 Å². The minimum atomic E-state index is 0.557. The molecule has 88 valence electrons. The summed E-state index contributed by atoms with van der Waals surface area (Å²) in [5.74, 6) is 2.09. The lowest BCUT2D eigenvalue weighted by molar-refractivity contribution is 0.150. The fourth-order valence-corrected chi connectivity index (χ4v) is 3.66. The summed E-state index contributed by atoms with van der Waals surface area (Å²) < 4.78 is 0. The molecule has 2 aliphatic rings. The second kappa shape index (κ2) is 5.09. The molecule has 0 aromatic heterocycles. The summed E-state index contributed by atoms with van der Waals surface area (Å²) in [7, 11) is 2.31. The zero-order chi connectivity index (χ0) is 10.7. The Hall–Kier alpha value is 0.310. The van der Waals surface area contributed by atoms with E-state index >= 15 is 0 Å². The molecule has 0 saturated heterocycles. The number of nitrogens with zero attached hydrogens (tertiary/aromatic N) is 1. The van der Waals surface area contributed by atoms with Crippen LogP contribution in [0.1, 0.15) is 44.9 Å². The Morgan fingerprint density at radius 2 is 1.87 bits per heavy atom. The molecule has 0 amide bonds. The monoisotopic (exact) mass is 227 g/mol. The van der Waals surface area contributed by atoms with Gasteiger partial charge in [-0.25, -0.2) is 0 Å². The van der Waals surface area contributed by atoms with Crippen LogP contribution in [0.2, 0.25) is 0 Å². The first kappa shape index (κ1) is 11.8. The summed E-state index contributed by atoms with van der Waals surface area (Å²) in [6.07, 6.45) is 10.1. The van der Waals surface area contributed by atoms with Crippen LogP contribution in [0.4, 0.5) is 0 Å². The summed E-state index contributed by atoms with van der Waals surface area (Å²) in [5.41, 5.74) is 0.557. The molecule has 1 nitrogen and oxygen atoms in total. The molecule has 15 heavy (non-hydrogen) atoms. The zero-order valence-corrected chi connectivity index (χ0v) is 10.9. The fourth-order valence-electron chi connectivity index (χ4n) is 3.24. The molecule has 2 aliphatic carbocycles. The predicted octanol–water partition coefficient (Wildman–Crippen LogP) is 3.21. The highest BCUT2D eigenvalue weighted by Gasteiger charge is 2.34. The van der Waals surface area contributed by atoms with E-state index in [1.807, 2.05) is 0 Å². The van der Waals surface area contributed by atoms with Crippen LogP contribution < -0.4 is 0 Å². The van der Waals surface area contributed by atoms with Crippen molar-refractivity contribution in [3.05, 3.63) is 0 Å². The molecule has 0 aromatic carbocycles. The average Bonchev–Trinajstić information content (AvgIpc) is 2.61. The quantitative estimate of drug-likeness (QED) is 0.706. The first-order chi connectivity index (χ1) is 7.24. The normalized spacial score (nSPS) is 25.8. The van der Waals surface area contributed by atoms with Crippen molar-refractivity contribution in [1.82, 2.24) is 4.90 Å². The van der Waals surface area contributed by atoms with E-state index in [9.17, 15) is 0 Å². The Kier molecular flexibility index (Phi) is 4.00. The van der Waals surface area contributed by atoms with Gasteiger partial charge in [0.15, 0.2) is 0 Å². The second-order valence-electron chi connectivity index (χ2n) is 5.86. The van der Waals surface area contributed by atoms with E-state index in [4.69, 9.17) is 0 Å². The highest BCUT2D eigenvalue weighted by Crippen LogP contribution is 2.40. The maximum absolute atomic E-state index is 4.58. The van der Waals surface area contributed by atoms with Crippen molar-refractivity contribution < 1.29 is 0 Å². The predicted molar refractivity (Wildman–Crippen MR) is 69.6 cm³/mol.